The van der Waals surface area contributed by atoms with Gasteiger partial charge in [0.1, 0.15) is 5.75 Å². The number of carbonyl (C=O) groups excluding carboxylic acids is 2. The third kappa shape index (κ3) is 4.23. The highest BCUT2D eigenvalue weighted by atomic mass is 16.5. The van der Waals surface area contributed by atoms with E-state index in [1.54, 1.807) is 20.2 Å². The van der Waals surface area contributed by atoms with Gasteiger partial charge in [0.2, 0.25) is 5.91 Å². The molecule has 138 valence electrons. The number of carbonyl (C=O) groups is 2. The van der Waals surface area contributed by atoms with E-state index in [0.29, 0.717) is 11.3 Å². The number of hydrogen-bond donors (Lipinski definition) is 2. The van der Waals surface area contributed by atoms with Crippen molar-refractivity contribution in [3.05, 3.63) is 60.2 Å². The minimum absolute atomic E-state index is 0.117. The van der Waals surface area contributed by atoms with Gasteiger partial charge in [-0.1, -0.05) is 18.2 Å². The van der Waals surface area contributed by atoms with Crippen molar-refractivity contribution in [2.24, 2.45) is 0 Å². The van der Waals surface area contributed by atoms with Crippen LogP contribution in [0, 0.1) is 0 Å². The topological polar surface area (TPSA) is 80.3 Å². The van der Waals surface area contributed by atoms with Gasteiger partial charge in [0.25, 0.3) is 5.91 Å². The number of nitrogens with one attached hydrogen (secondary N) is 2. The summed E-state index contributed by atoms with van der Waals surface area (Å²) in [5, 5.41) is 6.11. The minimum atomic E-state index is -0.229. The molecule has 0 aliphatic heterocycles. The molecule has 0 radical (unpaired) electrons. The second kappa shape index (κ2) is 8.31. The molecule has 6 heteroatoms. The molecule has 0 spiro atoms. The first-order valence-corrected chi connectivity index (χ1v) is 8.65. The van der Waals surface area contributed by atoms with Crippen LogP contribution in [0.4, 0.5) is 0 Å². The average Bonchev–Trinajstić information content (AvgIpc) is 2.72. The van der Waals surface area contributed by atoms with Crippen LogP contribution in [0.5, 0.6) is 5.75 Å². The molecule has 1 aromatic heterocycles. The summed E-state index contributed by atoms with van der Waals surface area (Å²) in [5.41, 5.74) is 2.86. The Morgan fingerprint density at radius 2 is 1.81 bits per heavy atom. The third-order valence-electron chi connectivity index (χ3n) is 4.26. The molecule has 2 amide bonds. The van der Waals surface area contributed by atoms with Crippen molar-refractivity contribution in [2.75, 3.05) is 20.7 Å². The third-order valence-corrected chi connectivity index (χ3v) is 4.26. The van der Waals surface area contributed by atoms with Crippen LogP contribution in [-0.4, -0.2) is 37.5 Å². The Balaban J connectivity index is 1.95. The Morgan fingerprint density at radius 1 is 1.07 bits per heavy atom. The normalized spacial score (nSPS) is 10.4. The summed E-state index contributed by atoms with van der Waals surface area (Å²) >= 11 is 0. The predicted molar refractivity (Wildman–Crippen MR) is 105 cm³/mol. The van der Waals surface area contributed by atoms with Crippen LogP contribution < -0.4 is 15.4 Å². The van der Waals surface area contributed by atoms with Crippen LogP contribution in [0.25, 0.3) is 22.2 Å². The molecule has 0 atom stereocenters. The fourth-order valence-corrected chi connectivity index (χ4v) is 2.78. The number of methoxy groups -OCH3 is 1. The summed E-state index contributed by atoms with van der Waals surface area (Å²) in [4.78, 5) is 28.8. The quantitative estimate of drug-likeness (QED) is 0.706. The van der Waals surface area contributed by atoms with Crippen LogP contribution in [0.15, 0.2) is 54.6 Å². The minimum Gasteiger partial charge on any atom is -0.497 e. The Hall–Kier alpha value is -3.41. The number of rotatable bonds is 6. The Labute approximate surface area is 157 Å². The van der Waals surface area contributed by atoms with Gasteiger partial charge in [-0.05, 0) is 36.4 Å². The van der Waals surface area contributed by atoms with Gasteiger partial charge in [0.15, 0.2) is 0 Å². The van der Waals surface area contributed by atoms with Gasteiger partial charge >= 0.3 is 0 Å². The number of benzene rings is 2. The van der Waals surface area contributed by atoms with E-state index >= 15 is 0 Å². The number of aromatic nitrogens is 1. The predicted octanol–water partition coefficient (Wildman–Crippen LogP) is 2.78. The molecular formula is C21H21N3O3. The summed E-state index contributed by atoms with van der Waals surface area (Å²) in [6.45, 7) is 0.271. The van der Waals surface area contributed by atoms with E-state index in [0.717, 1.165) is 22.2 Å². The van der Waals surface area contributed by atoms with Crippen LogP contribution in [0.1, 0.15) is 16.8 Å². The van der Waals surface area contributed by atoms with Crippen molar-refractivity contribution in [2.45, 2.75) is 6.42 Å². The van der Waals surface area contributed by atoms with E-state index in [2.05, 4.69) is 15.6 Å². The van der Waals surface area contributed by atoms with Crippen LogP contribution in [-0.2, 0) is 4.79 Å². The fourth-order valence-electron chi connectivity index (χ4n) is 2.78. The van der Waals surface area contributed by atoms with Crippen molar-refractivity contribution in [1.29, 1.82) is 0 Å². The fraction of sp³-hybridized carbons (Fsp3) is 0.190. The van der Waals surface area contributed by atoms with Gasteiger partial charge in [-0.3, -0.25) is 9.59 Å². The zero-order valence-corrected chi connectivity index (χ0v) is 15.3. The van der Waals surface area contributed by atoms with E-state index in [-0.39, 0.29) is 24.8 Å². The molecule has 3 aromatic rings. The van der Waals surface area contributed by atoms with Gasteiger partial charge in [0, 0.05) is 31.0 Å². The second-order valence-electron chi connectivity index (χ2n) is 5.98. The molecule has 0 aliphatic rings. The maximum atomic E-state index is 12.7. The first kappa shape index (κ1) is 18.4. The molecule has 0 fully saturated rings. The smallest absolute Gasteiger partial charge is 0.252 e. The summed E-state index contributed by atoms with van der Waals surface area (Å²) < 4.78 is 5.19. The summed E-state index contributed by atoms with van der Waals surface area (Å²) in [5.74, 6) is 0.410. The lowest BCUT2D eigenvalue weighted by atomic mass is 10.0. The van der Waals surface area contributed by atoms with Crippen LogP contribution >= 0.6 is 0 Å². The average molecular weight is 363 g/mol. The molecule has 27 heavy (non-hydrogen) atoms. The van der Waals surface area contributed by atoms with Crippen molar-refractivity contribution < 1.29 is 14.3 Å². The molecule has 0 saturated carbocycles. The van der Waals surface area contributed by atoms with E-state index < -0.39 is 0 Å². The van der Waals surface area contributed by atoms with E-state index in [1.165, 1.54) is 0 Å². The molecule has 6 nitrogen and oxygen atoms in total. The number of ether oxygens (including phenoxy) is 1. The van der Waals surface area contributed by atoms with Gasteiger partial charge in [-0.25, -0.2) is 4.98 Å². The first-order valence-electron chi connectivity index (χ1n) is 8.65. The lowest BCUT2D eigenvalue weighted by molar-refractivity contribution is -0.120. The van der Waals surface area contributed by atoms with Gasteiger partial charge in [0.05, 0.1) is 23.9 Å². The number of para-hydroxylation sites is 1. The van der Waals surface area contributed by atoms with Crippen molar-refractivity contribution in [3.8, 4) is 17.0 Å². The zero-order chi connectivity index (χ0) is 19.2. The lowest BCUT2D eigenvalue weighted by Crippen LogP contribution is -2.29. The molecule has 0 unspecified atom stereocenters. The zero-order valence-electron chi connectivity index (χ0n) is 15.3. The van der Waals surface area contributed by atoms with Crippen molar-refractivity contribution in [3.63, 3.8) is 0 Å². The van der Waals surface area contributed by atoms with Gasteiger partial charge in [-0.2, -0.15) is 0 Å². The number of nitrogens with zero attached hydrogens (tertiary/aromatic N) is 1. The first-order chi connectivity index (χ1) is 13.1. The SMILES string of the molecule is CNC(=O)CCNC(=O)c1cc(-c2ccc(OC)cc2)nc2ccccc12. The number of amides is 2. The number of pyridine rings is 1. The Morgan fingerprint density at radius 3 is 2.52 bits per heavy atom. The maximum Gasteiger partial charge on any atom is 0.252 e. The van der Waals surface area contributed by atoms with Crippen LogP contribution in [0.2, 0.25) is 0 Å². The Bertz CT molecular complexity index is 968. The largest absolute Gasteiger partial charge is 0.497 e. The van der Waals surface area contributed by atoms with E-state index in [4.69, 9.17) is 4.74 Å². The number of hydrogen-bond acceptors (Lipinski definition) is 4. The van der Waals surface area contributed by atoms with Crippen LogP contribution in [0.3, 0.4) is 0 Å². The Kier molecular flexibility index (Phi) is 5.66. The highest BCUT2D eigenvalue weighted by Gasteiger charge is 2.14. The second-order valence-corrected chi connectivity index (χ2v) is 5.98. The van der Waals surface area contributed by atoms with Gasteiger partial charge < -0.3 is 15.4 Å². The van der Waals surface area contributed by atoms with Crippen molar-refractivity contribution in [1.82, 2.24) is 15.6 Å². The molecule has 2 aromatic carbocycles. The monoisotopic (exact) mass is 363 g/mol. The maximum absolute atomic E-state index is 12.7. The van der Waals surface area contributed by atoms with E-state index in [9.17, 15) is 9.59 Å². The lowest BCUT2D eigenvalue weighted by Gasteiger charge is -2.11. The number of fused-ring (bicyclic) bond motifs is 1. The molecule has 0 bridgehead atoms. The summed E-state index contributed by atoms with van der Waals surface area (Å²) in [6, 6.07) is 16.8. The van der Waals surface area contributed by atoms with Gasteiger partial charge in [-0.15, -0.1) is 0 Å². The summed E-state index contributed by atoms with van der Waals surface area (Å²) in [7, 11) is 3.19. The summed E-state index contributed by atoms with van der Waals surface area (Å²) in [6.07, 6.45) is 0.233. The van der Waals surface area contributed by atoms with Crippen molar-refractivity contribution >= 4 is 22.7 Å². The molecule has 2 N–H and O–H groups in total. The molecule has 0 saturated heterocycles. The molecular weight excluding hydrogens is 342 g/mol. The molecule has 1 heterocycles. The molecule has 0 aliphatic carbocycles. The van der Waals surface area contributed by atoms with E-state index in [1.807, 2.05) is 48.5 Å². The molecule has 3 rings (SSSR count). The standard InChI is InChI=1S/C21H21N3O3/c1-22-20(25)11-12-23-21(26)17-13-19(14-7-9-15(27-2)10-8-14)24-18-6-4-3-5-16(17)18/h3-10,13H,11-12H2,1-2H3,(H,22,25)(H,23,26). The highest BCUT2D eigenvalue weighted by molar-refractivity contribution is 6.07. The highest BCUT2D eigenvalue weighted by Crippen LogP contribution is 2.26.